The quantitative estimate of drug-likeness (QED) is 0.400. The molecule has 0 radical (unpaired) electrons. The molecule has 0 aliphatic rings. The number of alkyl halides is 3. The zero-order chi connectivity index (χ0) is 22.0. The van der Waals surface area contributed by atoms with Gasteiger partial charge in [-0.1, -0.05) is 35.9 Å². The van der Waals surface area contributed by atoms with E-state index in [-0.39, 0.29) is 11.4 Å². The van der Waals surface area contributed by atoms with Crippen molar-refractivity contribution in [3.8, 4) is 16.9 Å². The Morgan fingerprint density at radius 2 is 1.61 bits per heavy atom. The summed E-state index contributed by atoms with van der Waals surface area (Å²) in [5.74, 6) is -0.303. The zero-order valence-corrected chi connectivity index (χ0v) is 16.9. The first-order valence-corrected chi connectivity index (χ1v) is 9.86. The SMILES string of the molecule is O=c1n(CCCc2ccc(Cl)cc2)nc2ccc(-c3ccc(OC(F)(F)F)cc3)cn12. The molecule has 9 heteroatoms. The fourth-order valence-electron chi connectivity index (χ4n) is 3.27. The molecule has 0 bridgehead atoms. The van der Waals surface area contributed by atoms with Crippen molar-refractivity contribution in [1.82, 2.24) is 14.2 Å². The van der Waals surface area contributed by atoms with Gasteiger partial charge < -0.3 is 4.74 Å². The van der Waals surface area contributed by atoms with Crippen LogP contribution in [0.1, 0.15) is 12.0 Å². The van der Waals surface area contributed by atoms with E-state index in [2.05, 4.69) is 9.84 Å². The molecule has 2 aromatic heterocycles. The molecule has 2 heterocycles. The number of pyridine rings is 1. The van der Waals surface area contributed by atoms with Crippen molar-refractivity contribution in [1.29, 1.82) is 0 Å². The Balaban J connectivity index is 1.50. The lowest BCUT2D eigenvalue weighted by molar-refractivity contribution is -0.274. The molecular formula is C22H17ClF3N3O2. The normalized spacial score (nSPS) is 11.7. The topological polar surface area (TPSA) is 48.5 Å². The van der Waals surface area contributed by atoms with Crippen LogP contribution in [0.4, 0.5) is 13.2 Å². The molecule has 0 spiro atoms. The smallest absolute Gasteiger partial charge is 0.406 e. The van der Waals surface area contributed by atoms with E-state index in [0.29, 0.717) is 28.3 Å². The van der Waals surface area contributed by atoms with Crippen molar-refractivity contribution >= 4 is 17.2 Å². The van der Waals surface area contributed by atoms with E-state index in [4.69, 9.17) is 11.6 Å². The van der Waals surface area contributed by atoms with Crippen molar-refractivity contribution in [3.63, 3.8) is 0 Å². The van der Waals surface area contributed by atoms with Crippen molar-refractivity contribution in [2.24, 2.45) is 0 Å². The second-order valence-electron chi connectivity index (χ2n) is 6.95. The molecule has 5 nitrogen and oxygen atoms in total. The predicted molar refractivity (Wildman–Crippen MR) is 111 cm³/mol. The third kappa shape index (κ3) is 5.08. The standard InChI is InChI=1S/C22H17ClF3N3O2/c23-18-8-3-15(4-9-18)2-1-13-29-21(30)28-14-17(7-12-20(28)27-29)16-5-10-19(11-6-16)31-22(24,25)26/h3-12,14H,1-2,13H2. The molecule has 0 atom stereocenters. The zero-order valence-electron chi connectivity index (χ0n) is 16.1. The lowest BCUT2D eigenvalue weighted by Crippen LogP contribution is -2.21. The van der Waals surface area contributed by atoms with Gasteiger partial charge in [0.2, 0.25) is 0 Å². The minimum atomic E-state index is -4.74. The van der Waals surface area contributed by atoms with Gasteiger partial charge in [0.05, 0.1) is 0 Å². The van der Waals surface area contributed by atoms with Gasteiger partial charge in [0.1, 0.15) is 5.75 Å². The molecule has 160 valence electrons. The minimum Gasteiger partial charge on any atom is -0.406 e. The number of benzene rings is 2. The Kier molecular flexibility index (Phi) is 5.73. The summed E-state index contributed by atoms with van der Waals surface area (Å²) in [4.78, 5) is 12.7. The number of nitrogens with zero attached hydrogens (tertiary/aromatic N) is 3. The first-order valence-electron chi connectivity index (χ1n) is 9.48. The van der Waals surface area contributed by atoms with Gasteiger partial charge in [0.25, 0.3) is 0 Å². The highest BCUT2D eigenvalue weighted by atomic mass is 35.5. The van der Waals surface area contributed by atoms with Crippen LogP contribution in [0.15, 0.2) is 71.7 Å². The van der Waals surface area contributed by atoms with Crippen LogP contribution in [0.25, 0.3) is 16.8 Å². The van der Waals surface area contributed by atoms with Gasteiger partial charge in [-0.2, -0.15) is 0 Å². The van der Waals surface area contributed by atoms with Crippen LogP contribution in [0.3, 0.4) is 0 Å². The summed E-state index contributed by atoms with van der Waals surface area (Å²) >= 11 is 5.89. The highest BCUT2D eigenvalue weighted by Gasteiger charge is 2.30. The Morgan fingerprint density at radius 1 is 0.935 bits per heavy atom. The highest BCUT2D eigenvalue weighted by molar-refractivity contribution is 6.30. The molecule has 4 aromatic rings. The first-order chi connectivity index (χ1) is 14.8. The van der Waals surface area contributed by atoms with Crippen LogP contribution < -0.4 is 10.4 Å². The van der Waals surface area contributed by atoms with Crippen LogP contribution in [0.2, 0.25) is 5.02 Å². The summed E-state index contributed by atoms with van der Waals surface area (Å²) in [7, 11) is 0. The van der Waals surface area contributed by atoms with Crippen LogP contribution in [-0.2, 0) is 13.0 Å². The van der Waals surface area contributed by atoms with E-state index in [9.17, 15) is 18.0 Å². The number of ether oxygens (including phenoxy) is 1. The summed E-state index contributed by atoms with van der Waals surface area (Å²) < 4.78 is 43.7. The molecule has 0 fully saturated rings. The second-order valence-corrected chi connectivity index (χ2v) is 7.39. The monoisotopic (exact) mass is 447 g/mol. The third-order valence-electron chi connectivity index (χ3n) is 4.75. The van der Waals surface area contributed by atoms with Gasteiger partial charge >= 0.3 is 12.1 Å². The van der Waals surface area contributed by atoms with E-state index >= 15 is 0 Å². The number of fused-ring (bicyclic) bond motifs is 1. The Bertz CT molecular complexity index is 1250. The fraction of sp³-hybridized carbons (Fsp3) is 0.182. The molecule has 0 aliphatic carbocycles. The van der Waals surface area contributed by atoms with Gasteiger partial charge in [-0.05, 0) is 65.9 Å². The Hall–Kier alpha value is -3.26. The molecule has 0 aliphatic heterocycles. The number of rotatable bonds is 6. The summed E-state index contributed by atoms with van der Waals surface area (Å²) in [6.07, 6.45) is -1.59. The second kappa shape index (κ2) is 8.47. The predicted octanol–water partition coefficient (Wildman–Crippen LogP) is 5.35. The summed E-state index contributed by atoms with van der Waals surface area (Å²) in [5, 5.41) is 5.03. The number of aryl methyl sites for hydroxylation is 2. The maximum absolute atomic E-state index is 12.7. The van der Waals surface area contributed by atoms with E-state index in [1.165, 1.54) is 33.3 Å². The maximum atomic E-state index is 12.7. The van der Waals surface area contributed by atoms with Crippen LogP contribution in [-0.4, -0.2) is 20.5 Å². The van der Waals surface area contributed by atoms with E-state index in [1.54, 1.807) is 18.3 Å². The van der Waals surface area contributed by atoms with Crippen molar-refractivity contribution < 1.29 is 17.9 Å². The first kappa shape index (κ1) is 21.0. The average molecular weight is 448 g/mol. The summed E-state index contributed by atoms with van der Waals surface area (Å²) in [5.41, 5.74) is 2.68. The largest absolute Gasteiger partial charge is 0.573 e. The lowest BCUT2D eigenvalue weighted by atomic mass is 10.1. The van der Waals surface area contributed by atoms with Crippen molar-refractivity contribution in [2.45, 2.75) is 25.7 Å². The molecule has 0 saturated heterocycles. The van der Waals surface area contributed by atoms with E-state index in [1.807, 2.05) is 24.3 Å². The maximum Gasteiger partial charge on any atom is 0.573 e. The molecule has 4 rings (SSSR count). The molecule has 31 heavy (non-hydrogen) atoms. The molecule has 0 saturated carbocycles. The number of halogens is 4. The summed E-state index contributed by atoms with van der Waals surface area (Å²) in [6.45, 7) is 0.460. The van der Waals surface area contributed by atoms with Gasteiger partial charge in [0, 0.05) is 17.8 Å². The Morgan fingerprint density at radius 3 is 2.29 bits per heavy atom. The highest BCUT2D eigenvalue weighted by Crippen LogP contribution is 2.26. The van der Waals surface area contributed by atoms with Gasteiger partial charge in [-0.15, -0.1) is 18.3 Å². The molecule has 0 unspecified atom stereocenters. The Labute approximate surface area is 180 Å². The lowest BCUT2D eigenvalue weighted by Gasteiger charge is -2.09. The van der Waals surface area contributed by atoms with Crippen molar-refractivity contribution in [3.05, 3.63) is 87.9 Å². The number of aromatic nitrogens is 3. The van der Waals surface area contributed by atoms with Crippen LogP contribution in [0.5, 0.6) is 5.75 Å². The summed E-state index contributed by atoms with van der Waals surface area (Å²) in [6, 6.07) is 16.5. The number of hydrogen-bond acceptors (Lipinski definition) is 3. The third-order valence-corrected chi connectivity index (χ3v) is 5.00. The van der Waals surface area contributed by atoms with Crippen molar-refractivity contribution in [2.75, 3.05) is 0 Å². The van der Waals surface area contributed by atoms with Crippen LogP contribution in [0, 0.1) is 0 Å². The van der Waals surface area contributed by atoms with E-state index < -0.39 is 6.36 Å². The fourth-order valence-corrected chi connectivity index (χ4v) is 3.39. The number of hydrogen-bond donors (Lipinski definition) is 0. The molecule has 0 N–H and O–H groups in total. The van der Waals surface area contributed by atoms with Gasteiger partial charge in [-0.3, -0.25) is 0 Å². The minimum absolute atomic E-state index is 0.273. The van der Waals surface area contributed by atoms with E-state index in [0.717, 1.165) is 18.4 Å². The average Bonchev–Trinajstić information content (AvgIpc) is 3.04. The van der Waals surface area contributed by atoms with Crippen LogP contribution >= 0.6 is 11.6 Å². The molecule has 2 aromatic carbocycles. The molecule has 0 amide bonds. The van der Waals surface area contributed by atoms with Gasteiger partial charge in [-0.25, -0.2) is 13.9 Å². The van der Waals surface area contributed by atoms with Gasteiger partial charge in [0.15, 0.2) is 5.65 Å². The molecular weight excluding hydrogens is 431 g/mol.